The summed E-state index contributed by atoms with van der Waals surface area (Å²) in [6.45, 7) is 0. The first-order valence-electron chi connectivity index (χ1n) is 5.05. The van der Waals surface area contributed by atoms with E-state index in [0.29, 0.717) is 22.1 Å². The van der Waals surface area contributed by atoms with Crippen molar-refractivity contribution in [3.8, 4) is 11.5 Å². The lowest BCUT2D eigenvalue weighted by atomic mass is 10.2. The highest BCUT2D eigenvalue weighted by Gasteiger charge is 2.02. The van der Waals surface area contributed by atoms with Gasteiger partial charge in [0.25, 0.3) is 0 Å². The molecule has 0 amide bonds. The molecule has 2 rings (SSSR count). The van der Waals surface area contributed by atoms with Crippen LogP contribution < -0.4 is 4.74 Å². The van der Waals surface area contributed by atoms with Crippen molar-refractivity contribution in [2.75, 3.05) is 0 Å². The Bertz CT molecular complexity index is 477. The van der Waals surface area contributed by atoms with Gasteiger partial charge in [0.1, 0.15) is 11.5 Å². The fraction of sp³-hybridized carbons (Fsp3) is 0.0769. The lowest BCUT2D eigenvalue weighted by molar-refractivity contribution is -0.0424. The third-order valence-corrected chi connectivity index (χ3v) is 2.48. The van der Waals surface area contributed by atoms with Gasteiger partial charge in [-0.1, -0.05) is 23.7 Å². The Morgan fingerprint density at radius 3 is 1.76 bits per heavy atom. The maximum absolute atomic E-state index is 8.93. The summed E-state index contributed by atoms with van der Waals surface area (Å²) in [5.74, 6) is 1.29. The normalized spacial score (nSPS) is 10.6. The Hall–Kier alpha value is -1.55. The molecule has 2 aromatic carbocycles. The molecule has 0 bridgehead atoms. The van der Waals surface area contributed by atoms with Crippen molar-refractivity contribution in [3.63, 3.8) is 0 Å². The van der Waals surface area contributed by atoms with Crippen LogP contribution in [0.4, 0.5) is 0 Å². The number of aliphatic hydroxyl groups is 2. The van der Waals surface area contributed by atoms with Crippen LogP contribution in [0.2, 0.25) is 5.02 Å². The van der Waals surface area contributed by atoms with Crippen molar-refractivity contribution in [3.05, 3.63) is 59.1 Å². The van der Waals surface area contributed by atoms with Crippen LogP contribution in [0.5, 0.6) is 11.5 Å². The maximum atomic E-state index is 8.93. The fourth-order valence-electron chi connectivity index (χ4n) is 1.35. The first-order valence-corrected chi connectivity index (χ1v) is 5.42. The minimum atomic E-state index is -1.46. The van der Waals surface area contributed by atoms with E-state index in [4.69, 9.17) is 26.6 Å². The van der Waals surface area contributed by atoms with Crippen LogP contribution in [-0.4, -0.2) is 10.2 Å². The van der Waals surface area contributed by atoms with E-state index < -0.39 is 6.29 Å². The Balaban J connectivity index is 2.11. The summed E-state index contributed by atoms with van der Waals surface area (Å²) in [5, 5.41) is 18.5. The topological polar surface area (TPSA) is 49.7 Å². The molecule has 0 spiro atoms. The maximum Gasteiger partial charge on any atom is 0.178 e. The largest absolute Gasteiger partial charge is 0.457 e. The van der Waals surface area contributed by atoms with E-state index in [1.54, 1.807) is 48.5 Å². The molecular weight excluding hydrogens is 240 g/mol. The molecule has 0 saturated heterocycles. The molecule has 0 saturated carbocycles. The first kappa shape index (κ1) is 11.9. The third-order valence-electron chi connectivity index (χ3n) is 2.23. The number of ether oxygens (including phenoxy) is 1. The molecule has 17 heavy (non-hydrogen) atoms. The van der Waals surface area contributed by atoms with Gasteiger partial charge < -0.3 is 14.9 Å². The minimum Gasteiger partial charge on any atom is -0.457 e. The Morgan fingerprint density at radius 1 is 0.824 bits per heavy atom. The van der Waals surface area contributed by atoms with E-state index in [-0.39, 0.29) is 0 Å². The second kappa shape index (κ2) is 5.19. The Morgan fingerprint density at radius 2 is 1.29 bits per heavy atom. The zero-order valence-electron chi connectivity index (χ0n) is 8.88. The van der Waals surface area contributed by atoms with Crippen molar-refractivity contribution in [1.29, 1.82) is 0 Å². The van der Waals surface area contributed by atoms with Crippen molar-refractivity contribution in [2.45, 2.75) is 6.29 Å². The van der Waals surface area contributed by atoms with Gasteiger partial charge in [-0.2, -0.15) is 0 Å². The molecule has 3 nitrogen and oxygen atoms in total. The third kappa shape index (κ3) is 3.20. The van der Waals surface area contributed by atoms with Gasteiger partial charge in [-0.3, -0.25) is 0 Å². The summed E-state index contributed by atoms with van der Waals surface area (Å²) in [6, 6.07) is 13.5. The highest BCUT2D eigenvalue weighted by Crippen LogP contribution is 2.24. The number of hydrogen-bond donors (Lipinski definition) is 2. The van der Waals surface area contributed by atoms with Crippen molar-refractivity contribution >= 4 is 11.6 Å². The van der Waals surface area contributed by atoms with Gasteiger partial charge >= 0.3 is 0 Å². The predicted octanol–water partition coefficient (Wildman–Crippen LogP) is 3.12. The Labute approximate surface area is 104 Å². The van der Waals surface area contributed by atoms with Gasteiger partial charge in [0.05, 0.1) is 0 Å². The van der Waals surface area contributed by atoms with Crippen LogP contribution in [0, 0.1) is 0 Å². The van der Waals surface area contributed by atoms with Gasteiger partial charge in [-0.15, -0.1) is 0 Å². The van der Waals surface area contributed by atoms with Crippen molar-refractivity contribution < 1.29 is 14.9 Å². The van der Waals surface area contributed by atoms with E-state index in [1.807, 2.05) is 0 Å². The van der Waals surface area contributed by atoms with E-state index in [0.717, 1.165) is 0 Å². The second-order valence-electron chi connectivity index (χ2n) is 3.50. The summed E-state index contributed by atoms with van der Waals surface area (Å²) in [6.07, 6.45) is -1.46. The molecule has 0 aliphatic carbocycles. The van der Waals surface area contributed by atoms with Crippen LogP contribution in [0.3, 0.4) is 0 Å². The minimum absolute atomic E-state index is 0.424. The molecule has 0 heterocycles. The lowest BCUT2D eigenvalue weighted by Crippen LogP contribution is -1.94. The lowest BCUT2D eigenvalue weighted by Gasteiger charge is -2.07. The zero-order chi connectivity index (χ0) is 12.3. The highest BCUT2D eigenvalue weighted by atomic mass is 35.5. The number of benzene rings is 2. The van der Waals surface area contributed by atoms with Crippen LogP contribution in [-0.2, 0) is 0 Å². The smallest absolute Gasteiger partial charge is 0.178 e. The summed E-state index contributed by atoms with van der Waals surface area (Å²) in [7, 11) is 0. The Kier molecular flexibility index (Phi) is 3.64. The standard InChI is InChI=1S/C13H11ClO3/c14-10-3-7-12(8-4-10)17-11-5-1-9(2-6-11)13(15)16/h1-8,13,15-16H. The molecule has 0 aliphatic heterocycles. The predicted molar refractivity (Wildman–Crippen MR) is 65.1 cm³/mol. The zero-order valence-corrected chi connectivity index (χ0v) is 9.63. The van der Waals surface area contributed by atoms with Gasteiger partial charge in [0, 0.05) is 10.6 Å². The van der Waals surface area contributed by atoms with E-state index >= 15 is 0 Å². The van der Waals surface area contributed by atoms with Gasteiger partial charge in [-0.05, 0) is 36.4 Å². The highest BCUT2D eigenvalue weighted by molar-refractivity contribution is 6.30. The number of halogens is 1. The molecule has 0 radical (unpaired) electrons. The molecule has 0 unspecified atom stereocenters. The number of rotatable bonds is 3. The van der Waals surface area contributed by atoms with Crippen LogP contribution >= 0.6 is 11.6 Å². The van der Waals surface area contributed by atoms with E-state index in [2.05, 4.69) is 0 Å². The van der Waals surface area contributed by atoms with Gasteiger partial charge in [0.15, 0.2) is 6.29 Å². The summed E-state index contributed by atoms with van der Waals surface area (Å²) in [4.78, 5) is 0. The molecule has 0 aromatic heterocycles. The SMILES string of the molecule is OC(O)c1ccc(Oc2ccc(Cl)cc2)cc1. The number of hydrogen-bond acceptors (Lipinski definition) is 3. The van der Waals surface area contributed by atoms with Crippen LogP contribution in [0.1, 0.15) is 11.9 Å². The van der Waals surface area contributed by atoms with Crippen molar-refractivity contribution in [2.24, 2.45) is 0 Å². The first-order chi connectivity index (χ1) is 8.15. The van der Waals surface area contributed by atoms with Gasteiger partial charge in [-0.25, -0.2) is 0 Å². The monoisotopic (exact) mass is 250 g/mol. The molecule has 0 aliphatic rings. The second-order valence-corrected chi connectivity index (χ2v) is 3.94. The summed E-state index contributed by atoms with van der Waals surface area (Å²) in [5.41, 5.74) is 0.424. The summed E-state index contributed by atoms with van der Waals surface area (Å²) >= 11 is 5.76. The van der Waals surface area contributed by atoms with Crippen LogP contribution in [0.25, 0.3) is 0 Å². The molecule has 2 aromatic rings. The molecule has 88 valence electrons. The molecule has 0 atom stereocenters. The fourth-order valence-corrected chi connectivity index (χ4v) is 1.47. The molecule has 4 heteroatoms. The molecule has 2 N–H and O–H groups in total. The molecule has 0 fully saturated rings. The van der Waals surface area contributed by atoms with E-state index in [1.165, 1.54) is 0 Å². The van der Waals surface area contributed by atoms with Crippen LogP contribution in [0.15, 0.2) is 48.5 Å². The van der Waals surface area contributed by atoms with Gasteiger partial charge in [0.2, 0.25) is 0 Å². The number of aliphatic hydroxyl groups excluding tert-OH is 1. The van der Waals surface area contributed by atoms with Crippen molar-refractivity contribution in [1.82, 2.24) is 0 Å². The summed E-state index contributed by atoms with van der Waals surface area (Å²) < 4.78 is 5.55. The molecular formula is C13H11ClO3. The quantitative estimate of drug-likeness (QED) is 0.823. The average Bonchev–Trinajstić information content (AvgIpc) is 2.33. The average molecular weight is 251 g/mol. The van der Waals surface area contributed by atoms with E-state index in [9.17, 15) is 0 Å².